The molecule has 0 saturated carbocycles. The van der Waals surface area contributed by atoms with Crippen LogP contribution in [0, 0.1) is 11.6 Å². The summed E-state index contributed by atoms with van der Waals surface area (Å²) in [6.07, 6.45) is 2.12. The van der Waals surface area contributed by atoms with Gasteiger partial charge in [0.2, 0.25) is 5.82 Å². The maximum absolute atomic E-state index is 13.8. The Morgan fingerprint density at radius 2 is 2.12 bits per heavy atom. The Morgan fingerprint density at radius 3 is 2.79 bits per heavy atom. The van der Waals surface area contributed by atoms with Gasteiger partial charge in [-0.15, -0.1) is 0 Å². The van der Waals surface area contributed by atoms with Gasteiger partial charge in [-0.05, 0) is 30.5 Å². The van der Waals surface area contributed by atoms with E-state index >= 15 is 0 Å². The second-order valence-electron chi connectivity index (χ2n) is 5.64. The molecule has 1 aromatic heterocycles. The molecule has 7 heteroatoms. The van der Waals surface area contributed by atoms with Gasteiger partial charge in [0.15, 0.2) is 11.6 Å². The predicted molar refractivity (Wildman–Crippen MR) is 83.6 cm³/mol. The molecule has 0 amide bonds. The molecule has 1 N–H and O–H groups in total. The van der Waals surface area contributed by atoms with Gasteiger partial charge in [0, 0.05) is 30.6 Å². The van der Waals surface area contributed by atoms with Crippen LogP contribution in [-0.2, 0) is 6.42 Å². The van der Waals surface area contributed by atoms with E-state index in [4.69, 9.17) is 9.84 Å². The zero-order valence-electron chi connectivity index (χ0n) is 13.2. The number of fused-ring (bicyclic) bond motifs is 1. The molecule has 3 rings (SSSR count). The molecule has 0 aliphatic carbocycles. The van der Waals surface area contributed by atoms with E-state index in [0.29, 0.717) is 18.7 Å². The van der Waals surface area contributed by atoms with Gasteiger partial charge in [-0.3, -0.25) is 0 Å². The quantitative estimate of drug-likeness (QED) is 0.934. The summed E-state index contributed by atoms with van der Waals surface area (Å²) in [6, 6.07) is 4.01. The molecule has 0 unspecified atom stereocenters. The number of carboxylic acids is 1. The number of hydrogen-bond donors (Lipinski definition) is 1. The van der Waals surface area contributed by atoms with Crippen LogP contribution in [0.15, 0.2) is 24.4 Å². The van der Waals surface area contributed by atoms with Gasteiger partial charge in [0.1, 0.15) is 5.69 Å². The third-order valence-corrected chi connectivity index (χ3v) is 4.31. The third kappa shape index (κ3) is 2.66. The summed E-state index contributed by atoms with van der Waals surface area (Å²) in [5, 5.41) is 9.03. The first-order chi connectivity index (χ1) is 11.4. The molecule has 2 heterocycles. The van der Waals surface area contributed by atoms with Crippen LogP contribution in [0.2, 0.25) is 0 Å². The average molecular weight is 334 g/mol. The summed E-state index contributed by atoms with van der Waals surface area (Å²) in [7, 11) is 1.29. The maximum Gasteiger partial charge on any atom is 0.354 e. The van der Waals surface area contributed by atoms with Crippen LogP contribution >= 0.6 is 0 Å². The van der Waals surface area contributed by atoms with Crippen LogP contribution in [0.4, 0.5) is 14.5 Å². The topological polar surface area (TPSA) is 62.7 Å². The highest BCUT2D eigenvalue weighted by atomic mass is 19.2. The Bertz CT molecular complexity index is 811. The molecule has 24 heavy (non-hydrogen) atoms. The summed E-state index contributed by atoms with van der Waals surface area (Å²) in [5.74, 6) is -3.21. The van der Waals surface area contributed by atoms with Gasteiger partial charge in [-0.2, -0.15) is 4.39 Å². The molecule has 1 aromatic carbocycles. The number of benzene rings is 1. The van der Waals surface area contributed by atoms with Crippen molar-refractivity contribution in [3.8, 4) is 5.75 Å². The van der Waals surface area contributed by atoms with Crippen LogP contribution in [0.3, 0.4) is 0 Å². The number of halogens is 2. The van der Waals surface area contributed by atoms with Crippen molar-refractivity contribution in [1.82, 2.24) is 4.98 Å². The normalized spacial score (nSPS) is 16.7. The minimum atomic E-state index is -1.07. The molecule has 1 aliphatic rings. The van der Waals surface area contributed by atoms with Gasteiger partial charge < -0.3 is 14.7 Å². The second kappa shape index (κ2) is 6.07. The number of aromatic nitrogens is 1. The molecule has 126 valence electrons. The van der Waals surface area contributed by atoms with Crippen molar-refractivity contribution in [2.45, 2.75) is 19.4 Å². The van der Waals surface area contributed by atoms with E-state index in [2.05, 4.69) is 4.98 Å². The standard InChI is InChI=1S/C17H16F2N2O3/c1-9-12-8-20-14(17(22)23)5-10(12)3-4-21(9)11-6-13(18)16(19)15(7-11)24-2/h5-9H,3-4H2,1-2H3,(H,22,23)/t9-/m1/s1. The van der Waals surface area contributed by atoms with Gasteiger partial charge in [-0.1, -0.05) is 0 Å². The van der Waals surface area contributed by atoms with Crippen molar-refractivity contribution in [2.75, 3.05) is 18.6 Å². The molecule has 0 radical (unpaired) electrons. The van der Waals surface area contributed by atoms with E-state index in [1.165, 1.54) is 19.4 Å². The van der Waals surface area contributed by atoms with Gasteiger partial charge >= 0.3 is 5.97 Å². The van der Waals surface area contributed by atoms with Crippen molar-refractivity contribution >= 4 is 11.7 Å². The Kier molecular flexibility index (Phi) is 4.09. The van der Waals surface area contributed by atoms with Gasteiger partial charge in [0.25, 0.3) is 0 Å². The minimum Gasteiger partial charge on any atom is -0.493 e. The number of hydrogen-bond acceptors (Lipinski definition) is 4. The lowest BCUT2D eigenvalue weighted by Gasteiger charge is -2.37. The number of aromatic carboxylic acids is 1. The Labute approximate surface area is 137 Å². The number of ether oxygens (including phenoxy) is 1. The van der Waals surface area contributed by atoms with Crippen LogP contribution < -0.4 is 9.64 Å². The monoisotopic (exact) mass is 334 g/mol. The fourth-order valence-electron chi connectivity index (χ4n) is 3.04. The Morgan fingerprint density at radius 1 is 1.38 bits per heavy atom. The molecular formula is C17H16F2N2O3. The predicted octanol–water partition coefficient (Wildman–Crippen LogP) is 3.19. The largest absolute Gasteiger partial charge is 0.493 e. The number of rotatable bonds is 3. The molecule has 0 bridgehead atoms. The smallest absolute Gasteiger partial charge is 0.354 e. The van der Waals surface area contributed by atoms with E-state index in [-0.39, 0.29) is 17.5 Å². The van der Waals surface area contributed by atoms with E-state index in [1.807, 2.05) is 11.8 Å². The average Bonchev–Trinajstić information content (AvgIpc) is 2.57. The summed E-state index contributed by atoms with van der Waals surface area (Å²) >= 11 is 0. The first kappa shape index (κ1) is 16.2. The van der Waals surface area contributed by atoms with Crippen molar-refractivity contribution in [2.24, 2.45) is 0 Å². The molecule has 0 saturated heterocycles. The molecular weight excluding hydrogens is 318 g/mol. The van der Waals surface area contributed by atoms with E-state index < -0.39 is 17.6 Å². The maximum atomic E-state index is 13.8. The summed E-state index contributed by atoms with van der Waals surface area (Å²) in [6.45, 7) is 2.46. The number of anilines is 1. The molecule has 1 aliphatic heterocycles. The van der Waals surface area contributed by atoms with E-state index in [9.17, 15) is 13.6 Å². The zero-order valence-corrected chi connectivity index (χ0v) is 13.2. The highest BCUT2D eigenvalue weighted by Crippen LogP contribution is 2.36. The molecule has 5 nitrogen and oxygen atoms in total. The van der Waals surface area contributed by atoms with E-state index in [1.54, 1.807) is 6.07 Å². The molecule has 0 spiro atoms. The van der Waals surface area contributed by atoms with Crippen LogP contribution in [-0.4, -0.2) is 29.7 Å². The highest BCUT2D eigenvalue weighted by Gasteiger charge is 2.27. The van der Waals surface area contributed by atoms with Crippen molar-refractivity contribution in [1.29, 1.82) is 0 Å². The number of carboxylic acid groups (broad SMARTS) is 1. The number of pyridine rings is 1. The fraction of sp³-hybridized carbons (Fsp3) is 0.294. The van der Waals surface area contributed by atoms with Crippen molar-refractivity contribution in [3.05, 3.63) is 52.9 Å². The van der Waals surface area contributed by atoms with Gasteiger partial charge in [-0.25, -0.2) is 14.2 Å². The lowest BCUT2D eigenvalue weighted by atomic mass is 9.94. The second-order valence-corrected chi connectivity index (χ2v) is 5.64. The minimum absolute atomic E-state index is 0.00361. The number of methoxy groups -OCH3 is 1. The lowest BCUT2D eigenvalue weighted by Crippen LogP contribution is -2.34. The highest BCUT2D eigenvalue weighted by molar-refractivity contribution is 5.85. The molecule has 0 fully saturated rings. The van der Waals surface area contributed by atoms with Crippen LogP contribution in [0.1, 0.15) is 34.6 Å². The van der Waals surface area contributed by atoms with Crippen LogP contribution in [0.5, 0.6) is 5.75 Å². The first-order valence-electron chi connectivity index (χ1n) is 7.44. The molecule has 2 aromatic rings. The molecule has 1 atom stereocenters. The zero-order chi connectivity index (χ0) is 17.4. The summed E-state index contributed by atoms with van der Waals surface area (Å²) in [4.78, 5) is 16.9. The summed E-state index contributed by atoms with van der Waals surface area (Å²) < 4.78 is 32.3. The lowest BCUT2D eigenvalue weighted by molar-refractivity contribution is 0.0690. The van der Waals surface area contributed by atoms with Crippen molar-refractivity contribution in [3.63, 3.8) is 0 Å². The van der Waals surface area contributed by atoms with Crippen molar-refractivity contribution < 1.29 is 23.4 Å². The first-order valence-corrected chi connectivity index (χ1v) is 7.44. The number of carbonyl (C=O) groups is 1. The van der Waals surface area contributed by atoms with Gasteiger partial charge in [0.05, 0.1) is 13.2 Å². The summed E-state index contributed by atoms with van der Waals surface area (Å²) in [5.41, 5.74) is 2.28. The number of nitrogens with zero attached hydrogens (tertiary/aromatic N) is 2. The SMILES string of the molecule is COc1cc(N2CCc3cc(C(=O)O)ncc3[C@H]2C)cc(F)c1F. The Hall–Kier alpha value is -2.70. The van der Waals surface area contributed by atoms with E-state index in [0.717, 1.165) is 17.2 Å². The third-order valence-electron chi connectivity index (χ3n) is 4.31. The van der Waals surface area contributed by atoms with Crippen LogP contribution in [0.25, 0.3) is 0 Å². The Balaban J connectivity index is 1.98. The fourth-order valence-corrected chi connectivity index (χ4v) is 3.04.